The fourth-order valence-electron chi connectivity index (χ4n) is 1.48. The third-order valence-electron chi connectivity index (χ3n) is 2.48. The van der Waals surface area contributed by atoms with Gasteiger partial charge in [0.1, 0.15) is 0 Å². The summed E-state index contributed by atoms with van der Waals surface area (Å²) in [5.41, 5.74) is 6.79. The molecule has 0 fully saturated rings. The van der Waals surface area contributed by atoms with Gasteiger partial charge in [0.25, 0.3) is 0 Å². The summed E-state index contributed by atoms with van der Waals surface area (Å²) in [6.45, 7) is 2.14. The largest absolute Gasteiger partial charge is 0.493 e. The molecule has 1 aromatic carbocycles. The molecule has 0 aliphatic carbocycles. The van der Waals surface area contributed by atoms with E-state index < -0.39 is 0 Å². The van der Waals surface area contributed by atoms with Crippen molar-refractivity contribution in [2.75, 3.05) is 7.11 Å². The second-order valence-electron chi connectivity index (χ2n) is 3.84. The van der Waals surface area contributed by atoms with E-state index in [9.17, 15) is 0 Å². The number of benzene rings is 1. The van der Waals surface area contributed by atoms with Crippen LogP contribution in [0.1, 0.15) is 24.4 Å². The van der Waals surface area contributed by atoms with Crippen molar-refractivity contribution in [2.24, 2.45) is 5.73 Å². The molecule has 1 aromatic heterocycles. The average Bonchev–Trinajstić information content (AvgIpc) is 2.89. The molecule has 0 unspecified atom stereocenters. The van der Waals surface area contributed by atoms with Crippen LogP contribution in [0.2, 0.25) is 0 Å². The molecule has 0 spiro atoms. The zero-order valence-electron chi connectivity index (χ0n) is 10.3. The second-order valence-corrected chi connectivity index (χ2v) is 3.84. The first kappa shape index (κ1) is 12.4. The minimum Gasteiger partial charge on any atom is -0.493 e. The van der Waals surface area contributed by atoms with Crippen molar-refractivity contribution in [1.82, 2.24) is 10.1 Å². The first-order chi connectivity index (χ1) is 8.70. The van der Waals surface area contributed by atoms with Gasteiger partial charge in [0.05, 0.1) is 7.11 Å². The van der Waals surface area contributed by atoms with Crippen molar-refractivity contribution >= 4 is 0 Å². The molecule has 1 heterocycles. The van der Waals surface area contributed by atoms with Crippen LogP contribution in [0.15, 0.2) is 29.1 Å². The fourth-order valence-corrected chi connectivity index (χ4v) is 1.48. The number of ether oxygens (including phenoxy) is 2. The second kappa shape index (κ2) is 5.50. The number of nitrogens with two attached hydrogens (primary N) is 1. The first-order valence-corrected chi connectivity index (χ1v) is 5.52. The molecule has 0 aliphatic rings. The standard InChI is InChI=1S/C12H15N3O3/c1-8(13)9-3-4-10(11(5-9)16-2)17-6-12-14-7-18-15-12/h3-5,7-8H,6,13H2,1-2H3/t8-/m1/s1. The number of hydrogen-bond acceptors (Lipinski definition) is 6. The quantitative estimate of drug-likeness (QED) is 0.867. The number of rotatable bonds is 5. The van der Waals surface area contributed by atoms with Crippen LogP contribution in [-0.2, 0) is 6.61 Å². The molecule has 0 aliphatic heterocycles. The molecule has 2 N–H and O–H groups in total. The lowest BCUT2D eigenvalue weighted by Gasteiger charge is -2.12. The van der Waals surface area contributed by atoms with E-state index in [-0.39, 0.29) is 12.6 Å². The van der Waals surface area contributed by atoms with Crippen molar-refractivity contribution in [2.45, 2.75) is 19.6 Å². The van der Waals surface area contributed by atoms with Gasteiger partial charge in [0, 0.05) is 6.04 Å². The van der Waals surface area contributed by atoms with E-state index in [0.29, 0.717) is 17.3 Å². The van der Waals surface area contributed by atoms with Gasteiger partial charge >= 0.3 is 0 Å². The van der Waals surface area contributed by atoms with Gasteiger partial charge in [-0.2, -0.15) is 4.98 Å². The van der Waals surface area contributed by atoms with E-state index in [0.717, 1.165) is 5.56 Å². The lowest BCUT2D eigenvalue weighted by atomic mass is 10.1. The van der Waals surface area contributed by atoms with Gasteiger partial charge in [-0.15, -0.1) is 0 Å². The minimum absolute atomic E-state index is 0.0508. The average molecular weight is 249 g/mol. The highest BCUT2D eigenvalue weighted by Gasteiger charge is 2.09. The highest BCUT2D eigenvalue weighted by molar-refractivity contribution is 5.43. The zero-order chi connectivity index (χ0) is 13.0. The Morgan fingerprint density at radius 1 is 1.39 bits per heavy atom. The molecule has 96 valence electrons. The van der Waals surface area contributed by atoms with Crippen LogP contribution in [-0.4, -0.2) is 17.3 Å². The summed E-state index contributed by atoms with van der Waals surface area (Å²) >= 11 is 0. The first-order valence-electron chi connectivity index (χ1n) is 5.52. The summed E-state index contributed by atoms with van der Waals surface area (Å²) in [7, 11) is 1.58. The summed E-state index contributed by atoms with van der Waals surface area (Å²) in [4.78, 5) is 3.87. The highest BCUT2D eigenvalue weighted by atomic mass is 16.5. The van der Waals surface area contributed by atoms with E-state index in [4.69, 9.17) is 15.2 Å². The molecule has 0 saturated carbocycles. The molecule has 2 rings (SSSR count). The Bertz CT molecular complexity index is 497. The van der Waals surface area contributed by atoms with Crippen molar-refractivity contribution in [1.29, 1.82) is 0 Å². The van der Waals surface area contributed by atoms with Crippen LogP contribution < -0.4 is 15.2 Å². The van der Waals surface area contributed by atoms with Crippen molar-refractivity contribution in [3.05, 3.63) is 36.0 Å². The zero-order valence-corrected chi connectivity index (χ0v) is 10.3. The van der Waals surface area contributed by atoms with Crippen molar-refractivity contribution < 1.29 is 14.0 Å². The molecular weight excluding hydrogens is 234 g/mol. The maximum absolute atomic E-state index is 5.81. The van der Waals surface area contributed by atoms with Gasteiger partial charge in [-0.1, -0.05) is 11.2 Å². The van der Waals surface area contributed by atoms with E-state index >= 15 is 0 Å². The van der Waals surface area contributed by atoms with Crippen molar-refractivity contribution in [3.8, 4) is 11.5 Å². The Hall–Kier alpha value is -2.08. The number of nitrogens with zero attached hydrogens (tertiary/aromatic N) is 2. The Morgan fingerprint density at radius 3 is 2.83 bits per heavy atom. The Kier molecular flexibility index (Phi) is 3.78. The SMILES string of the molecule is COc1cc([C@@H](C)N)ccc1OCc1ncon1. The van der Waals surface area contributed by atoms with Crippen LogP contribution in [0.4, 0.5) is 0 Å². The summed E-state index contributed by atoms with van der Waals surface area (Å²) in [6, 6.07) is 5.53. The summed E-state index contributed by atoms with van der Waals surface area (Å²) in [5, 5.41) is 3.66. The molecule has 0 radical (unpaired) electrons. The summed E-state index contributed by atoms with van der Waals surface area (Å²) in [5.74, 6) is 1.73. The molecule has 0 saturated heterocycles. The monoisotopic (exact) mass is 249 g/mol. The third kappa shape index (κ3) is 2.78. The Morgan fingerprint density at radius 2 is 2.22 bits per heavy atom. The smallest absolute Gasteiger partial charge is 0.213 e. The van der Waals surface area contributed by atoms with Crippen LogP contribution in [0.3, 0.4) is 0 Å². The number of aromatic nitrogens is 2. The molecule has 6 nitrogen and oxygen atoms in total. The molecule has 1 atom stereocenters. The van der Waals surface area contributed by atoms with Crippen LogP contribution in [0, 0.1) is 0 Å². The lowest BCUT2D eigenvalue weighted by Crippen LogP contribution is -2.06. The Balaban J connectivity index is 2.12. The normalized spacial score (nSPS) is 12.2. The van der Waals surface area contributed by atoms with Gasteiger partial charge in [0.2, 0.25) is 12.2 Å². The van der Waals surface area contributed by atoms with Gasteiger partial charge in [-0.3, -0.25) is 0 Å². The van der Waals surface area contributed by atoms with Crippen molar-refractivity contribution in [3.63, 3.8) is 0 Å². The summed E-state index contributed by atoms with van der Waals surface area (Å²) in [6.07, 6.45) is 1.26. The number of methoxy groups -OCH3 is 1. The lowest BCUT2D eigenvalue weighted by molar-refractivity contribution is 0.269. The maximum atomic E-state index is 5.81. The van der Waals surface area contributed by atoms with Crippen LogP contribution in [0.5, 0.6) is 11.5 Å². The van der Waals surface area contributed by atoms with E-state index in [1.165, 1.54) is 6.39 Å². The molecule has 18 heavy (non-hydrogen) atoms. The predicted molar refractivity (Wildman–Crippen MR) is 64.2 cm³/mol. The Labute approximate surface area is 105 Å². The number of hydrogen-bond donors (Lipinski definition) is 1. The van der Waals surface area contributed by atoms with E-state index in [1.807, 2.05) is 25.1 Å². The van der Waals surface area contributed by atoms with Crippen LogP contribution in [0.25, 0.3) is 0 Å². The van der Waals surface area contributed by atoms with Gasteiger partial charge in [-0.05, 0) is 24.6 Å². The van der Waals surface area contributed by atoms with Crippen LogP contribution >= 0.6 is 0 Å². The topological polar surface area (TPSA) is 83.4 Å². The third-order valence-corrected chi connectivity index (χ3v) is 2.48. The molecule has 6 heteroatoms. The summed E-state index contributed by atoms with van der Waals surface area (Å²) < 4.78 is 15.4. The molecular formula is C12H15N3O3. The van der Waals surface area contributed by atoms with Gasteiger partial charge in [-0.25, -0.2) is 0 Å². The van der Waals surface area contributed by atoms with E-state index in [1.54, 1.807) is 7.11 Å². The van der Waals surface area contributed by atoms with Gasteiger partial charge < -0.3 is 19.7 Å². The molecule has 0 amide bonds. The predicted octanol–water partition coefficient (Wildman–Crippen LogP) is 1.68. The molecule has 2 aromatic rings. The van der Waals surface area contributed by atoms with E-state index in [2.05, 4.69) is 14.7 Å². The molecule has 0 bridgehead atoms. The maximum Gasteiger partial charge on any atom is 0.213 e. The minimum atomic E-state index is -0.0508. The fraction of sp³-hybridized carbons (Fsp3) is 0.333. The highest BCUT2D eigenvalue weighted by Crippen LogP contribution is 2.30. The van der Waals surface area contributed by atoms with Gasteiger partial charge in [0.15, 0.2) is 18.1 Å².